The van der Waals surface area contributed by atoms with Crippen LogP contribution in [-0.4, -0.2) is 25.7 Å². The SMILES string of the molecule is COc1ccc(CCOC(=O)C(C)N)cc1Cl. The van der Waals surface area contributed by atoms with E-state index in [1.54, 1.807) is 26.2 Å². The summed E-state index contributed by atoms with van der Waals surface area (Å²) >= 11 is 5.97. The third-order valence-electron chi connectivity index (χ3n) is 2.22. The standard InChI is InChI=1S/C12H16ClNO3/c1-8(14)12(15)17-6-5-9-3-4-11(16-2)10(13)7-9/h3-4,7-8H,5-6,14H2,1-2H3. The molecule has 0 heterocycles. The summed E-state index contributed by atoms with van der Waals surface area (Å²) in [5.74, 6) is 0.229. The predicted molar refractivity (Wildman–Crippen MR) is 66.3 cm³/mol. The quantitative estimate of drug-likeness (QED) is 0.817. The Kier molecular flexibility index (Phi) is 5.25. The van der Waals surface area contributed by atoms with Crippen LogP contribution >= 0.6 is 11.6 Å². The minimum absolute atomic E-state index is 0.295. The number of carbonyl (C=O) groups excluding carboxylic acids is 1. The van der Waals surface area contributed by atoms with Crippen molar-refractivity contribution in [2.45, 2.75) is 19.4 Å². The Balaban J connectivity index is 2.47. The van der Waals surface area contributed by atoms with Gasteiger partial charge in [-0.2, -0.15) is 0 Å². The lowest BCUT2D eigenvalue weighted by Gasteiger charge is -2.08. The van der Waals surface area contributed by atoms with E-state index >= 15 is 0 Å². The number of hydrogen-bond donors (Lipinski definition) is 1. The lowest BCUT2D eigenvalue weighted by Crippen LogP contribution is -2.29. The highest BCUT2D eigenvalue weighted by Crippen LogP contribution is 2.24. The van der Waals surface area contributed by atoms with E-state index < -0.39 is 12.0 Å². The smallest absolute Gasteiger partial charge is 0.322 e. The molecule has 2 N–H and O–H groups in total. The van der Waals surface area contributed by atoms with E-state index in [1.165, 1.54) is 0 Å². The predicted octanol–water partition coefficient (Wildman–Crippen LogP) is 1.78. The van der Waals surface area contributed by atoms with Gasteiger partial charge in [0, 0.05) is 6.42 Å². The summed E-state index contributed by atoms with van der Waals surface area (Å²) in [7, 11) is 1.56. The summed E-state index contributed by atoms with van der Waals surface area (Å²) in [4.78, 5) is 11.1. The lowest BCUT2D eigenvalue weighted by molar-refractivity contribution is -0.144. The zero-order chi connectivity index (χ0) is 12.8. The average Bonchev–Trinajstić information content (AvgIpc) is 2.29. The van der Waals surface area contributed by atoms with Gasteiger partial charge in [-0.25, -0.2) is 0 Å². The largest absolute Gasteiger partial charge is 0.495 e. The molecule has 1 aromatic rings. The van der Waals surface area contributed by atoms with Crippen LogP contribution in [0, 0.1) is 0 Å². The second kappa shape index (κ2) is 6.47. The number of esters is 1. The summed E-state index contributed by atoms with van der Waals surface area (Å²) in [5.41, 5.74) is 6.35. The van der Waals surface area contributed by atoms with Crippen molar-refractivity contribution in [1.29, 1.82) is 0 Å². The minimum Gasteiger partial charge on any atom is -0.495 e. The topological polar surface area (TPSA) is 61.5 Å². The molecule has 0 aliphatic rings. The Morgan fingerprint density at radius 2 is 2.24 bits per heavy atom. The number of methoxy groups -OCH3 is 1. The van der Waals surface area contributed by atoms with Gasteiger partial charge in [-0.3, -0.25) is 4.79 Å². The average molecular weight is 258 g/mol. The van der Waals surface area contributed by atoms with E-state index in [1.807, 2.05) is 6.07 Å². The van der Waals surface area contributed by atoms with Crippen molar-refractivity contribution in [3.8, 4) is 5.75 Å². The fourth-order valence-corrected chi connectivity index (χ4v) is 1.55. The second-order valence-electron chi connectivity index (χ2n) is 3.68. The Bertz CT molecular complexity index is 393. The summed E-state index contributed by atoms with van der Waals surface area (Å²) < 4.78 is 10.0. The summed E-state index contributed by atoms with van der Waals surface area (Å²) in [6.07, 6.45) is 0.599. The fourth-order valence-electron chi connectivity index (χ4n) is 1.27. The van der Waals surface area contributed by atoms with Gasteiger partial charge in [-0.1, -0.05) is 17.7 Å². The van der Waals surface area contributed by atoms with Crippen LogP contribution in [0.5, 0.6) is 5.75 Å². The van der Waals surface area contributed by atoms with Crippen LogP contribution in [0.3, 0.4) is 0 Å². The number of benzene rings is 1. The molecule has 17 heavy (non-hydrogen) atoms. The fraction of sp³-hybridized carbons (Fsp3) is 0.417. The molecular weight excluding hydrogens is 242 g/mol. The van der Waals surface area contributed by atoms with E-state index in [-0.39, 0.29) is 0 Å². The normalized spacial score (nSPS) is 12.0. The van der Waals surface area contributed by atoms with Gasteiger partial charge < -0.3 is 15.2 Å². The van der Waals surface area contributed by atoms with E-state index in [4.69, 9.17) is 26.8 Å². The minimum atomic E-state index is -0.588. The molecule has 0 fully saturated rings. The van der Waals surface area contributed by atoms with Gasteiger partial charge in [0.2, 0.25) is 0 Å². The molecule has 0 saturated carbocycles. The van der Waals surface area contributed by atoms with Crippen LogP contribution in [0.2, 0.25) is 5.02 Å². The van der Waals surface area contributed by atoms with Crippen LogP contribution in [0.15, 0.2) is 18.2 Å². The van der Waals surface area contributed by atoms with Crippen LogP contribution in [0.1, 0.15) is 12.5 Å². The molecular formula is C12H16ClNO3. The van der Waals surface area contributed by atoms with Crippen LogP contribution in [-0.2, 0) is 16.0 Å². The van der Waals surface area contributed by atoms with E-state index in [9.17, 15) is 4.79 Å². The Morgan fingerprint density at radius 1 is 1.53 bits per heavy atom. The summed E-state index contributed by atoms with van der Waals surface area (Å²) in [5, 5.41) is 0.545. The Hall–Kier alpha value is -1.26. The number of halogens is 1. The van der Waals surface area contributed by atoms with Crippen molar-refractivity contribution < 1.29 is 14.3 Å². The van der Waals surface area contributed by atoms with Crippen molar-refractivity contribution in [2.24, 2.45) is 5.73 Å². The molecule has 0 saturated heterocycles. The highest BCUT2D eigenvalue weighted by atomic mass is 35.5. The molecule has 4 nitrogen and oxygen atoms in total. The van der Waals surface area contributed by atoms with Gasteiger partial charge in [-0.15, -0.1) is 0 Å². The maximum Gasteiger partial charge on any atom is 0.322 e. The first-order valence-corrected chi connectivity index (χ1v) is 5.67. The molecule has 0 bridgehead atoms. The molecule has 1 atom stereocenters. The molecule has 94 valence electrons. The van der Waals surface area contributed by atoms with E-state index in [0.717, 1.165) is 5.56 Å². The molecule has 5 heteroatoms. The van der Waals surface area contributed by atoms with Gasteiger partial charge >= 0.3 is 5.97 Å². The molecule has 1 rings (SSSR count). The Morgan fingerprint density at radius 3 is 2.76 bits per heavy atom. The van der Waals surface area contributed by atoms with Crippen LogP contribution in [0.4, 0.5) is 0 Å². The molecule has 0 amide bonds. The van der Waals surface area contributed by atoms with Gasteiger partial charge in [-0.05, 0) is 24.6 Å². The highest BCUT2D eigenvalue weighted by Gasteiger charge is 2.08. The van der Waals surface area contributed by atoms with Crippen molar-refractivity contribution in [3.63, 3.8) is 0 Å². The van der Waals surface area contributed by atoms with E-state index in [0.29, 0.717) is 23.8 Å². The number of carbonyl (C=O) groups is 1. The van der Waals surface area contributed by atoms with Crippen LogP contribution < -0.4 is 10.5 Å². The first-order chi connectivity index (χ1) is 8.04. The maximum atomic E-state index is 11.1. The van der Waals surface area contributed by atoms with Crippen molar-refractivity contribution >= 4 is 17.6 Å². The first kappa shape index (κ1) is 13.8. The number of ether oxygens (including phenoxy) is 2. The Labute approximate surface area is 106 Å². The molecule has 0 spiro atoms. The van der Waals surface area contributed by atoms with Gasteiger partial charge in [0.1, 0.15) is 11.8 Å². The third kappa shape index (κ3) is 4.24. The van der Waals surface area contributed by atoms with Crippen molar-refractivity contribution in [3.05, 3.63) is 28.8 Å². The molecule has 0 aliphatic heterocycles. The number of rotatable bonds is 5. The third-order valence-corrected chi connectivity index (χ3v) is 2.52. The van der Waals surface area contributed by atoms with Crippen LogP contribution in [0.25, 0.3) is 0 Å². The van der Waals surface area contributed by atoms with Crippen molar-refractivity contribution in [2.75, 3.05) is 13.7 Å². The zero-order valence-corrected chi connectivity index (χ0v) is 10.7. The highest BCUT2D eigenvalue weighted by molar-refractivity contribution is 6.32. The lowest BCUT2D eigenvalue weighted by atomic mass is 10.1. The number of hydrogen-bond acceptors (Lipinski definition) is 4. The zero-order valence-electron chi connectivity index (χ0n) is 9.90. The van der Waals surface area contributed by atoms with Crippen molar-refractivity contribution in [1.82, 2.24) is 0 Å². The molecule has 0 aliphatic carbocycles. The molecule has 1 unspecified atom stereocenters. The monoisotopic (exact) mass is 257 g/mol. The maximum absolute atomic E-state index is 11.1. The van der Waals surface area contributed by atoms with E-state index in [2.05, 4.69) is 0 Å². The molecule has 0 aromatic heterocycles. The summed E-state index contributed by atoms with van der Waals surface area (Å²) in [6, 6.07) is 4.87. The van der Waals surface area contributed by atoms with Gasteiger partial charge in [0.25, 0.3) is 0 Å². The second-order valence-corrected chi connectivity index (χ2v) is 4.08. The molecule has 0 radical (unpaired) electrons. The van der Waals surface area contributed by atoms with Gasteiger partial charge in [0.15, 0.2) is 0 Å². The number of nitrogens with two attached hydrogens (primary N) is 1. The summed E-state index contributed by atoms with van der Waals surface area (Å²) in [6.45, 7) is 1.88. The molecule has 1 aromatic carbocycles. The van der Waals surface area contributed by atoms with Gasteiger partial charge in [0.05, 0.1) is 18.7 Å². The first-order valence-electron chi connectivity index (χ1n) is 5.29.